The minimum Gasteiger partial charge on any atom is -0.340 e. The zero-order valence-corrected chi connectivity index (χ0v) is 15.6. The van der Waals surface area contributed by atoms with Gasteiger partial charge in [0.1, 0.15) is 5.82 Å². The standard InChI is InChI=1S/C17H19FN6O2S/c1-11-19-15(22-26-11)9-23-4-6-24(7-5-23)10-16(25)21-17-20-13-3-2-12(18)8-14(13)27-17/h2-3,8H,4-7,9-10H2,1H3,(H,20,21,25). The van der Waals surface area contributed by atoms with E-state index in [1.165, 1.54) is 23.5 Å². The number of hydrogen-bond acceptors (Lipinski definition) is 8. The average molecular weight is 390 g/mol. The molecular formula is C17H19FN6O2S. The Morgan fingerprint density at radius 2 is 2.04 bits per heavy atom. The average Bonchev–Trinajstić information content (AvgIpc) is 3.21. The van der Waals surface area contributed by atoms with Crippen molar-refractivity contribution in [1.29, 1.82) is 0 Å². The molecule has 1 aromatic carbocycles. The first kappa shape index (κ1) is 18.0. The normalized spacial score (nSPS) is 16.1. The number of carbonyl (C=O) groups is 1. The second-order valence-corrected chi connectivity index (χ2v) is 7.49. The highest BCUT2D eigenvalue weighted by atomic mass is 32.1. The monoisotopic (exact) mass is 390 g/mol. The van der Waals surface area contributed by atoms with Gasteiger partial charge in [0.15, 0.2) is 11.0 Å². The summed E-state index contributed by atoms with van der Waals surface area (Å²) in [6.07, 6.45) is 0. The lowest BCUT2D eigenvalue weighted by atomic mass is 10.3. The lowest BCUT2D eigenvalue weighted by molar-refractivity contribution is -0.117. The molecule has 1 aliphatic heterocycles. The Morgan fingerprint density at radius 1 is 1.26 bits per heavy atom. The molecule has 0 spiro atoms. The second-order valence-electron chi connectivity index (χ2n) is 6.46. The van der Waals surface area contributed by atoms with Crippen molar-refractivity contribution in [2.45, 2.75) is 13.5 Å². The molecule has 0 unspecified atom stereocenters. The molecule has 4 rings (SSSR count). The van der Waals surface area contributed by atoms with Gasteiger partial charge in [-0.1, -0.05) is 16.5 Å². The Labute approximate surface area is 159 Å². The summed E-state index contributed by atoms with van der Waals surface area (Å²) in [4.78, 5) is 25.2. The summed E-state index contributed by atoms with van der Waals surface area (Å²) in [7, 11) is 0. The van der Waals surface area contributed by atoms with E-state index in [2.05, 4.69) is 30.2 Å². The fourth-order valence-electron chi connectivity index (χ4n) is 3.02. The Kier molecular flexibility index (Phi) is 5.10. The Balaban J connectivity index is 1.26. The second kappa shape index (κ2) is 7.67. The number of thiazole rings is 1. The number of amides is 1. The van der Waals surface area contributed by atoms with Gasteiger partial charge in [0.2, 0.25) is 11.8 Å². The molecule has 0 bridgehead atoms. The molecular weight excluding hydrogens is 371 g/mol. The van der Waals surface area contributed by atoms with Crippen molar-refractivity contribution in [2.24, 2.45) is 0 Å². The van der Waals surface area contributed by atoms with Gasteiger partial charge < -0.3 is 9.84 Å². The van der Waals surface area contributed by atoms with Gasteiger partial charge in [-0.15, -0.1) is 0 Å². The fourth-order valence-corrected chi connectivity index (χ4v) is 3.93. The highest BCUT2D eigenvalue weighted by molar-refractivity contribution is 7.22. The van der Waals surface area contributed by atoms with E-state index in [1.54, 1.807) is 13.0 Å². The molecule has 0 saturated carbocycles. The highest BCUT2D eigenvalue weighted by Gasteiger charge is 2.21. The Bertz CT molecular complexity index is 950. The van der Waals surface area contributed by atoms with E-state index in [0.29, 0.717) is 35.5 Å². The van der Waals surface area contributed by atoms with Crippen molar-refractivity contribution in [2.75, 3.05) is 38.0 Å². The number of hydrogen-bond donors (Lipinski definition) is 1. The SMILES string of the molecule is Cc1nc(CN2CCN(CC(=O)Nc3nc4ccc(F)cc4s3)CC2)no1. The summed E-state index contributed by atoms with van der Waals surface area (Å²) in [5, 5.41) is 7.22. The molecule has 1 aliphatic rings. The predicted molar refractivity (Wildman–Crippen MR) is 99.0 cm³/mol. The van der Waals surface area contributed by atoms with Crippen LogP contribution in [0.4, 0.5) is 9.52 Å². The lowest BCUT2D eigenvalue weighted by Crippen LogP contribution is -2.48. The zero-order valence-electron chi connectivity index (χ0n) is 14.8. The van der Waals surface area contributed by atoms with Crippen molar-refractivity contribution in [3.63, 3.8) is 0 Å². The molecule has 1 amide bonds. The Hall–Kier alpha value is -2.43. The molecule has 1 saturated heterocycles. The number of rotatable bonds is 5. The molecule has 3 aromatic rings. The van der Waals surface area contributed by atoms with Gasteiger partial charge in [0, 0.05) is 33.1 Å². The van der Waals surface area contributed by atoms with Gasteiger partial charge in [-0.25, -0.2) is 9.37 Å². The summed E-state index contributed by atoms with van der Waals surface area (Å²) < 4.78 is 19.0. The van der Waals surface area contributed by atoms with Crippen LogP contribution < -0.4 is 5.32 Å². The van der Waals surface area contributed by atoms with Gasteiger partial charge >= 0.3 is 0 Å². The molecule has 1 fully saturated rings. The summed E-state index contributed by atoms with van der Waals surface area (Å²) in [6.45, 7) is 5.97. The van der Waals surface area contributed by atoms with E-state index in [1.807, 2.05) is 0 Å². The van der Waals surface area contributed by atoms with Gasteiger partial charge in [-0.3, -0.25) is 14.6 Å². The fraction of sp³-hybridized carbons (Fsp3) is 0.412. The van der Waals surface area contributed by atoms with Crippen LogP contribution in [0, 0.1) is 12.7 Å². The number of carbonyl (C=O) groups excluding carboxylic acids is 1. The zero-order chi connectivity index (χ0) is 18.8. The van der Waals surface area contributed by atoms with Crippen LogP contribution in [0.15, 0.2) is 22.7 Å². The topological polar surface area (TPSA) is 87.4 Å². The minimum atomic E-state index is -0.308. The van der Waals surface area contributed by atoms with Crippen molar-refractivity contribution in [3.8, 4) is 0 Å². The van der Waals surface area contributed by atoms with Crippen LogP contribution in [0.25, 0.3) is 10.2 Å². The summed E-state index contributed by atoms with van der Waals surface area (Å²) in [5.41, 5.74) is 0.682. The maximum atomic E-state index is 13.3. The molecule has 27 heavy (non-hydrogen) atoms. The van der Waals surface area contributed by atoms with Crippen molar-refractivity contribution in [1.82, 2.24) is 24.9 Å². The summed E-state index contributed by atoms with van der Waals surface area (Å²) in [5.74, 6) is 0.832. The predicted octanol–water partition coefficient (Wildman–Crippen LogP) is 1.88. The largest absolute Gasteiger partial charge is 0.340 e. The first-order valence-corrected chi connectivity index (χ1v) is 9.47. The number of benzene rings is 1. The number of fused-ring (bicyclic) bond motifs is 1. The number of aromatic nitrogens is 3. The third kappa shape index (κ3) is 4.46. The Morgan fingerprint density at radius 3 is 2.78 bits per heavy atom. The molecule has 2 aromatic heterocycles. The van der Waals surface area contributed by atoms with Crippen LogP contribution in [0.5, 0.6) is 0 Å². The van der Waals surface area contributed by atoms with Gasteiger partial charge in [-0.2, -0.15) is 4.98 Å². The van der Waals surface area contributed by atoms with Gasteiger partial charge in [0.05, 0.1) is 23.3 Å². The maximum absolute atomic E-state index is 13.3. The van der Waals surface area contributed by atoms with E-state index < -0.39 is 0 Å². The van der Waals surface area contributed by atoms with Gasteiger partial charge in [-0.05, 0) is 18.2 Å². The van der Waals surface area contributed by atoms with Crippen LogP contribution in [0.2, 0.25) is 0 Å². The van der Waals surface area contributed by atoms with E-state index in [0.717, 1.165) is 30.9 Å². The maximum Gasteiger partial charge on any atom is 0.240 e. The van der Waals surface area contributed by atoms with E-state index >= 15 is 0 Å². The summed E-state index contributed by atoms with van der Waals surface area (Å²) >= 11 is 1.27. The molecule has 0 radical (unpaired) electrons. The summed E-state index contributed by atoms with van der Waals surface area (Å²) in [6, 6.07) is 4.40. The molecule has 8 nitrogen and oxygen atoms in total. The van der Waals surface area contributed by atoms with Crippen LogP contribution in [-0.2, 0) is 11.3 Å². The first-order valence-electron chi connectivity index (χ1n) is 8.65. The number of anilines is 1. The molecule has 3 heterocycles. The van der Waals surface area contributed by atoms with Crippen LogP contribution >= 0.6 is 11.3 Å². The third-order valence-corrected chi connectivity index (χ3v) is 5.30. The number of halogens is 1. The van der Waals surface area contributed by atoms with Crippen molar-refractivity contribution >= 4 is 32.6 Å². The third-order valence-electron chi connectivity index (χ3n) is 4.36. The van der Waals surface area contributed by atoms with Crippen LogP contribution in [0.1, 0.15) is 11.7 Å². The molecule has 0 atom stereocenters. The first-order chi connectivity index (χ1) is 13.0. The molecule has 1 N–H and O–H groups in total. The molecule has 142 valence electrons. The minimum absolute atomic E-state index is 0.114. The van der Waals surface area contributed by atoms with E-state index in [9.17, 15) is 9.18 Å². The highest BCUT2D eigenvalue weighted by Crippen LogP contribution is 2.26. The van der Waals surface area contributed by atoms with Crippen molar-refractivity contribution < 1.29 is 13.7 Å². The number of piperazine rings is 1. The van der Waals surface area contributed by atoms with Crippen LogP contribution in [-0.4, -0.2) is 63.6 Å². The number of nitrogens with zero attached hydrogens (tertiary/aromatic N) is 5. The van der Waals surface area contributed by atoms with Crippen LogP contribution in [0.3, 0.4) is 0 Å². The molecule has 10 heteroatoms. The molecule has 0 aliphatic carbocycles. The van der Waals surface area contributed by atoms with Gasteiger partial charge in [0.25, 0.3) is 0 Å². The lowest BCUT2D eigenvalue weighted by Gasteiger charge is -2.33. The quantitative estimate of drug-likeness (QED) is 0.712. The smallest absolute Gasteiger partial charge is 0.240 e. The van der Waals surface area contributed by atoms with E-state index in [4.69, 9.17) is 4.52 Å². The van der Waals surface area contributed by atoms with Crippen molar-refractivity contribution in [3.05, 3.63) is 35.7 Å². The number of nitrogens with one attached hydrogen (secondary N) is 1. The number of aryl methyl sites for hydroxylation is 1. The van der Waals surface area contributed by atoms with E-state index in [-0.39, 0.29) is 11.7 Å².